The first-order valence-electron chi connectivity index (χ1n) is 4.50. The van der Waals surface area contributed by atoms with Gasteiger partial charge in [0.15, 0.2) is 0 Å². The summed E-state index contributed by atoms with van der Waals surface area (Å²) in [4.78, 5) is 11.7. The fraction of sp³-hybridized carbons (Fsp3) is 0.300. The van der Waals surface area contributed by atoms with Crippen LogP contribution in [0.3, 0.4) is 0 Å². The van der Waals surface area contributed by atoms with E-state index in [4.69, 9.17) is 5.73 Å². The zero-order valence-electron chi connectivity index (χ0n) is 8.74. The first-order chi connectivity index (χ1) is 7.06. The number of anilines is 1. The van der Waals surface area contributed by atoms with E-state index in [0.29, 0.717) is 10.6 Å². The summed E-state index contributed by atoms with van der Waals surface area (Å²) < 4.78 is 11.8. The van der Waals surface area contributed by atoms with Crippen molar-refractivity contribution in [3.05, 3.63) is 23.8 Å². The van der Waals surface area contributed by atoms with E-state index in [1.807, 2.05) is 0 Å². The number of nitrogen functional groups attached to an aromatic ring is 1. The fourth-order valence-corrected chi connectivity index (χ4v) is 2.37. The molecule has 1 unspecified atom stereocenters. The Labute approximate surface area is 91.3 Å². The minimum atomic E-state index is -1.33. The summed E-state index contributed by atoms with van der Waals surface area (Å²) in [7, 11) is 0.192. The highest BCUT2D eigenvalue weighted by molar-refractivity contribution is 7.85. The van der Waals surface area contributed by atoms with Crippen LogP contribution in [0.1, 0.15) is 5.56 Å². The molecule has 0 heterocycles. The highest BCUT2D eigenvalue weighted by Crippen LogP contribution is 2.18. The summed E-state index contributed by atoms with van der Waals surface area (Å²) in [5.41, 5.74) is 7.06. The Kier molecular flexibility index (Phi) is 3.85. The third-order valence-electron chi connectivity index (χ3n) is 2.11. The van der Waals surface area contributed by atoms with Crippen molar-refractivity contribution in [2.24, 2.45) is 0 Å². The maximum Gasteiger partial charge on any atom is 0.232 e. The second kappa shape index (κ2) is 4.93. The van der Waals surface area contributed by atoms with E-state index in [9.17, 15) is 9.00 Å². The van der Waals surface area contributed by atoms with Crippen molar-refractivity contribution in [2.45, 2.75) is 11.8 Å². The van der Waals surface area contributed by atoms with Crippen LogP contribution in [0, 0.1) is 6.92 Å². The normalized spacial score (nSPS) is 12.1. The van der Waals surface area contributed by atoms with Crippen molar-refractivity contribution < 1.29 is 9.00 Å². The van der Waals surface area contributed by atoms with Crippen LogP contribution in [-0.2, 0) is 15.6 Å². The van der Waals surface area contributed by atoms with Gasteiger partial charge in [-0.15, -0.1) is 0 Å². The molecule has 0 saturated heterocycles. The van der Waals surface area contributed by atoms with Crippen molar-refractivity contribution >= 4 is 22.4 Å². The third kappa shape index (κ3) is 2.79. The molecular weight excluding hydrogens is 212 g/mol. The number of hydrogen-bond acceptors (Lipinski definition) is 3. The van der Waals surface area contributed by atoms with Crippen molar-refractivity contribution in [2.75, 3.05) is 18.5 Å². The van der Waals surface area contributed by atoms with E-state index in [2.05, 4.69) is 5.32 Å². The highest BCUT2D eigenvalue weighted by Gasteiger charge is 2.12. The van der Waals surface area contributed by atoms with Crippen molar-refractivity contribution in [3.8, 4) is 0 Å². The van der Waals surface area contributed by atoms with Crippen molar-refractivity contribution in [3.63, 3.8) is 0 Å². The van der Waals surface area contributed by atoms with Gasteiger partial charge in [-0.25, -0.2) is 0 Å². The van der Waals surface area contributed by atoms with Gasteiger partial charge in [-0.05, 0) is 24.6 Å². The van der Waals surface area contributed by atoms with Crippen LogP contribution in [0.25, 0.3) is 0 Å². The zero-order chi connectivity index (χ0) is 11.4. The molecule has 0 radical (unpaired) electrons. The lowest BCUT2D eigenvalue weighted by molar-refractivity contribution is -0.118. The number of amides is 1. The molecule has 1 atom stereocenters. The summed E-state index contributed by atoms with van der Waals surface area (Å²) in [6, 6.07) is 5.21. The fourth-order valence-electron chi connectivity index (χ4n) is 1.15. The lowest BCUT2D eigenvalue weighted by Crippen LogP contribution is -2.24. The monoisotopic (exact) mass is 226 g/mol. The van der Waals surface area contributed by atoms with Gasteiger partial charge in [-0.1, -0.05) is 6.07 Å². The van der Waals surface area contributed by atoms with Crippen LogP contribution >= 0.6 is 0 Å². The Morgan fingerprint density at radius 3 is 2.80 bits per heavy atom. The third-order valence-corrected chi connectivity index (χ3v) is 3.57. The predicted octanol–water partition coefficient (Wildman–Crippen LogP) is 0.431. The quantitative estimate of drug-likeness (QED) is 0.734. The van der Waals surface area contributed by atoms with Gasteiger partial charge < -0.3 is 11.1 Å². The maximum atomic E-state index is 11.8. The van der Waals surface area contributed by atoms with E-state index in [-0.39, 0.29) is 11.7 Å². The number of carbonyl (C=O) groups excluding carboxylic acids is 1. The lowest BCUT2D eigenvalue weighted by Gasteiger charge is -2.07. The van der Waals surface area contributed by atoms with E-state index in [1.165, 1.54) is 7.05 Å². The Balaban J connectivity index is 2.92. The SMILES string of the molecule is CNC(=O)CS(=O)c1cccc(N)c1C. The van der Waals surface area contributed by atoms with Gasteiger partial charge >= 0.3 is 0 Å². The van der Waals surface area contributed by atoms with E-state index in [1.54, 1.807) is 25.1 Å². The lowest BCUT2D eigenvalue weighted by atomic mass is 10.2. The molecule has 0 saturated carbocycles. The summed E-state index contributed by atoms with van der Waals surface area (Å²) in [6.45, 7) is 1.80. The van der Waals surface area contributed by atoms with E-state index in [0.717, 1.165) is 5.56 Å². The molecule has 0 spiro atoms. The number of nitrogens with two attached hydrogens (primary N) is 1. The molecule has 5 heteroatoms. The number of rotatable bonds is 3. The minimum Gasteiger partial charge on any atom is -0.398 e. The van der Waals surface area contributed by atoms with Gasteiger partial charge in [-0.2, -0.15) is 0 Å². The van der Waals surface area contributed by atoms with E-state index >= 15 is 0 Å². The summed E-state index contributed by atoms with van der Waals surface area (Å²) >= 11 is 0. The second-order valence-electron chi connectivity index (χ2n) is 3.13. The Hall–Kier alpha value is -1.36. The number of benzene rings is 1. The molecule has 1 aromatic carbocycles. The van der Waals surface area contributed by atoms with Crippen LogP contribution in [0.15, 0.2) is 23.1 Å². The Bertz CT molecular complexity index is 404. The largest absolute Gasteiger partial charge is 0.398 e. The van der Waals surface area contributed by atoms with Crippen LogP contribution in [-0.4, -0.2) is 22.9 Å². The number of nitrogens with one attached hydrogen (secondary N) is 1. The van der Waals surface area contributed by atoms with Crippen molar-refractivity contribution in [1.29, 1.82) is 0 Å². The van der Waals surface area contributed by atoms with Gasteiger partial charge in [0.2, 0.25) is 5.91 Å². The molecule has 4 nitrogen and oxygen atoms in total. The van der Waals surface area contributed by atoms with Gasteiger partial charge in [0.05, 0.1) is 10.8 Å². The molecule has 1 rings (SSSR count). The number of hydrogen-bond donors (Lipinski definition) is 2. The molecule has 15 heavy (non-hydrogen) atoms. The Morgan fingerprint density at radius 1 is 1.53 bits per heavy atom. The predicted molar refractivity (Wildman–Crippen MR) is 60.9 cm³/mol. The molecule has 1 amide bonds. The summed E-state index contributed by atoms with van der Waals surface area (Å²) in [5.74, 6) is -0.268. The molecule has 82 valence electrons. The van der Waals surface area contributed by atoms with Crippen molar-refractivity contribution in [1.82, 2.24) is 5.32 Å². The van der Waals surface area contributed by atoms with Crippen LogP contribution in [0.4, 0.5) is 5.69 Å². The summed E-state index contributed by atoms with van der Waals surface area (Å²) in [6.07, 6.45) is 0. The molecule has 0 fully saturated rings. The second-order valence-corrected chi connectivity index (χ2v) is 4.55. The van der Waals surface area contributed by atoms with Crippen LogP contribution < -0.4 is 11.1 Å². The number of carbonyl (C=O) groups is 1. The smallest absolute Gasteiger partial charge is 0.232 e. The molecular formula is C10H14N2O2S. The zero-order valence-corrected chi connectivity index (χ0v) is 9.56. The average molecular weight is 226 g/mol. The minimum absolute atomic E-state index is 0.0270. The first kappa shape index (κ1) is 11.7. The van der Waals surface area contributed by atoms with Crippen LogP contribution in [0.5, 0.6) is 0 Å². The molecule has 1 aromatic rings. The van der Waals surface area contributed by atoms with Gasteiger partial charge in [-0.3, -0.25) is 9.00 Å². The first-order valence-corrected chi connectivity index (χ1v) is 5.82. The molecule has 0 bridgehead atoms. The topological polar surface area (TPSA) is 72.2 Å². The summed E-state index contributed by atoms with van der Waals surface area (Å²) in [5, 5.41) is 2.44. The molecule has 0 aliphatic carbocycles. The van der Waals surface area contributed by atoms with E-state index < -0.39 is 10.8 Å². The van der Waals surface area contributed by atoms with Gasteiger partial charge in [0.1, 0.15) is 5.75 Å². The van der Waals surface area contributed by atoms with Gasteiger partial charge in [0, 0.05) is 17.6 Å². The molecule has 0 aromatic heterocycles. The van der Waals surface area contributed by atoms with Crippen LogP contribution in [0.2, 0.25) is 0 Å². The molecule has 3 N–H and O–H groups in total. The molecule has 0 aliphatic rings. The Morgan fingerprint density at radius 2 is 2.20 bits per heavy atom. The average Bonchev–Trinajstić information content (AvgIpc) is 2.21. The van der Waals surface area contributed by atoms with Gasteiger partial charge in [0.25, 0.3) is 0 Å². The highest BCUT2D eigenvalue weighted by atomic mass is 32.2. The standard InChI is InChI=1S/C10H14N2O2S/c1-7-8(11)4-3-5-9(7)15(14)6-10(13)12-2/h3-5H,6,11H2,1-2H3,(H,12,13). The molecule has 0 aliphatic heterocycles. The maximum absolute atomic E-state index is 11.8.